The van der Waals surface area contributed by atoms with E-state index in [1.165, 1.54) is 32.5 Å². The molecule has 0 unspecified atom stereocenters. The van der Waals surface area contributed by atoms with Gasteiger partial charge in [0.2, 0.25) is 11.8 Å². The molecular weight excluding hydrogens is 866 g/mol. The van der Waals surface area contributed by atoms with E-state index >= 15 is 0 Å². The molecule has 0 spiro atoms. The van der Waals surface area contributed by atoms with E-state index in [-0.39, 0.29) is 17.9 Å². The van der Waals surface area contributed by atoms with Gasteiger partial charge in [-0.25, -0.2) is 9.59 Å². The standard InChI is InChI=1S/C22H26N2O3.C19H22N2O.C6H15N.C4H8O.C3H5ClO2/c1-2-27-21(26)24-15-13-22(14-16-24,19-11-7-4-8-12-19)20(25)23-17-18-9-5-3-6-10-18;22-18(21-15-16-7-3-1-4-8-16)19(11-13-20-14-12-19)17-9-5-2-6-10-17;1-4-7(5-2)6-3;1-2-4-5-3-1;1-2-6-3(4)5/h3-12H,2,13-17H2,1H3,(H,23,25);1-10,20H,11-15H2,(H,21,22);4-6H2,1-3H3;1-4H2;2H2,1H3. The zero-order valence-corrected chi connectivity index (χ0v) is 41.4. The SMILES string of the molecule is C1CCOC1.CCN(CC)CC.CCOC(=O)Cl.CCOC(=O)N1CCC(C(=O)NCc2ccccc2)(c2ccccc2)CC1.O=C(NCc1ccccc1)C1(c2ccccc2)CCNCC1. The van der Waals surface area contributed by atoms with Crippen molar-refractivity contribution in [2.45, 2.75) is 97.1 Å². The molecule has 4 aromatic rings. The van der Waals surface area contributed by atoms with Crippen LogP contribution in [0.4, 0.5) is 9.59 Å². The molecule has 7 rings (SSSR count). The van der Waals surface area contributed by atoms with Gasteiger partial charge < -0.3 is 40.0 Å². The smallest absolute Gasteiger partial charge is 0.409 e. The first-order chi connectivity index (χ1) is 32.6. The summed E-state index contributed by atoms with van der Waals surface area (Å²) in [6.45, 7) is 20.2. The fourth-order valence-corrected chi connectivity index (χ4v) is 8.25. The zero-order chi connectivity index (χ0) is 48.6. The van der Waals surface area contributed by atoms with Crippen LogP contribution in [-0.2, 0) is 47.7 Å². The molecule has 3 aliphatic heterocycles. The molecule has 0 atom stereocenters. The first-order valence-electron chi connectivity index (χ1n) is 24.1. The lowest BCUT2D eigenvalue weighted by atomic mass is 9.72. The molecule has 3 fully saturated rings. The maximum absolute atomic E-state index is 13.3. The average molecular weight is 943 g/mol. The summed E-state index contributed by atoms with van der Waals surface area (Å²) in [5.41, 5.74) is 2.56. The van der Waals surface area contributed by atoms with Gasteiger partial charge in [0, 0.05) is 51.0 Å². The number of nitrogens with one attached hydrogen (secondary N) is 3. The number of nitrogens with zero attached hydrogens (tertiary/aromatic N) is 2. The van der Waals surface area contributed by atoms with Crippen LogP contribution in [0, 0.1) is 0 Å². The monoisotopic (exact) mass is 942 g/mol. The first-order valence-corrected chi connectivity index (χ1v) is 24.5. The molecule has 4 aromatic carbocycles. The third kappa shape index (κ3) is 19.5. The normalized spacial score (nSPS) is 15.5. The fourth-order valence-electron chi connectivity index (χ4n) is 8.14. The van der Waals surface area contributed by atoms with Crippen LogP contribution < -0.4 is 16.0 Å². The minimum atomic E-state index is -0.738. The quantitative estimate of drug-likeness (QED) is 0.112. The molecule has 0 aliphatic carbocycles. The molecule has 3 N–H and O–H groups in total. The topological polar surface area (TPSA) is 139 Å². The highest BCUT2D eigenvalue weighted by atomic mass is 35.5. The number of carbonyl (C=O) groups is 4. The summed E-state index contributed by atoms with van der Waals surface area (Å²) in [5, 5.41) is 9.60. The molecule has 67 heavy (non-hydrogen) atoms. The minimum absolute atomic E-state index is 0.0149. The summed E-state index contributed by atoms with van der Waals surface area (Å²) in [5.74, 6) is 0.158. The fraction of sp³-hybridized carbons (Fsp3) is 0.481. The van der Waals surface area contributed by atoms with Crippen molar-refractivity contribution in [3.8, 4) is 0 Å². The summed E-state index contributed by atoms with van der Waals surface area (Å²) in [6.07, 6.45) is 5.10. The van der Waals surface area contributed by atoms with Crippen molar-refractivity contribution >= 4 is 34.9 Å². The van der Waals surface area contributed by atoms with Gasteiger partial charge in [0.05, 0.1) is 24.0 Å². The number of halogens is 1. The van der Waals surface area contributed by atoms with E-state index in [2.05, 4.69) is 58.5 Å². The molecular formula is C54H76ClN5O7. The van der Waals surface area contributed by atoms with Crippen molar-refractivity contribution in [1.82, 2.24) is 25.8 Å². The predicted molar refractivity (Wildman–Crippen MR) is 269 cm³/mol. The predicted octanol–water partition coefficient (Wildman–Crippen LogP) is 9.64. The summed E-state index contributed by atoms with van der Waals surface area (Å²) < 4.78 is 14.2. The maximum Gasteiger partial charge on any atom is 0.409 e. The highest BCUT2D eigenvalue weighted by molar-refractivity contribution is 6.61. The Balaban J connectivity index is 0.000000262. The number of amides is 3. The Labute approximate surface area is 405 Å². The van der Waals surface area contributed by atoms with Crippen LogP contribution in [-0.4, -0.2) is 105 Å². The lowest BCUT2D eigenvalue weighted by Crippen LogP contribution is -2.52. The lowest BCUT2D eigenvalue weighted by molar-refractivity contribution is -0.129. The van der Waals surface area contributed by atoms with Crippen molar-refractivity contribution in [1.29, 1.82) is 0 Å². The van der Waals surface area contributed by atoms with Crippen molar-refractivity contribution in [2.75, 3.05) is 72.2 Å². The van der Waals surface area contributed by atoms with E-state index in [0.717, 1.165) is 61.4 Å². The second kappa shape index (κ2) is 32.4. The molecule has 3 heterocycles. The zero-order valence-electron chi connectivity index (χ0n) is 40.6. The van der Waals surface area contributed by atoms with Crippen LogP contribution in [0.5, 0.6) is 0 Å². The average Bonchev–Trinajstić information content (AvgIpc) is 3.98. The Hall–Kier alpha value is -5.27. The van der Waals surface area contributed by atoms with Gasteiger partial charge >= 0.3 is 11.5 Å². The van der Waals surface area contributed by atoms with Gasteiger partial charge in [0.15, 0.2) is 0 Å². The third-order valence-corrected chi connectivity index (χ3v) is 12.2. The molecule has 0 radical (unpaired) electrons. The van der Waals surface area contributed by atoms with Crippen molar-refractivity contribution in [2.24, 2.45) is 0 Å². The number of likely N-dealkylation sites (tertiary alicyclic amines) is 1. The Kier molecular flexibility index (Phi) is 27.1. The van der Waals surface area contributed by atoms with Crippen LogP contribution in [0.3, 0.4) is 0 Å². The summed E-state index contributed by atoms with van der Waals surface area (Å²) >= 11 is 4.72. The third-order valence-electron chi connectivity index (χ3n) is 12.1. The van der Waals surface area contributed by atoms with E-state index in [1.807, 2.05) is 109 Å². The summed E-state index contributed by atoms with van der Waals surface area (Å²) in [6, 6.07) is 40.0. The van der Waals surface area contributed by atoms with Crippen LogP contribution >= 0.6 is 11.6 Å². The molecule has 0 bridgehead atoms. The van der Waals surface area contributed by atoms with E-state index in [9.17, 15) is 19.2 Å². The molecule has 3 aliphatic rings. The molecule has 12 nitrogen and oxygen atoms in total. The van der Waals surface area contributed by atoms with Crippen molar-refractivity contribution in [3.63, 3.8) is 0 Å². The van der Waals surface area contributed by atoms with E-state index in [4.69, 9.17) is 21.1 Å². The largest absolute Gasteiger partial charge is 0.454 e. The highest BCUT2D eigenvalue weighted by Gasteiger charge is 2.44. The van der Waals surface area contributed by atoms with Crippen molar-refractivity contribution < 1.29 is 33.4 Å². The molecule has 3 saturated heterocycles. The Morgan fingerprint density at radius 2 is 0.985 bits per heavy atom. The van der Waals surface area contributed by atoms with Crippen LogP contribution in [0.15, 0.2) is 121 Å². The Morgan fingerprint density at radius 3 is 1.30 bits per heavy atom. The highest BCUT2D eigenvalue weighted by Crippen LogP contribution is 2.37. The molecule has 0 saturated carbocycles. The Bertz CT molecular complexity index is 1930. The van der Waals surface area contributed by atoms with Crippen molar-refractivity contribution in [3.05, 3.63) is 144 Å². The van der Waals surface area contributed by atoms with Gasteiger partial charge in [0.1, 0.15) is 0 Å². The molecule has 366 valence electrons. The van der Waals surface area contributed by atoms with E-state index in [0.29, 0.717) is 52.2 Å². The first kappa shape index (κ1) is 56.1. The summed E-state index contributed by atoms with van der Waals surface area (Å²) in [4.78, 5) is 51.9. The number of ether oxygens (including phenoxy) is 3. The van der Waals surface area contributed by atoms with Crippen LogP contribution in [0.1, 0.15) is 95.4 Å². The van der Waals surface area contributed by atoms with E-state index < -0.39 is 16.3 Å². The second-order valence-corrected chi connectivity index (χ2v) is 16.6. The van der Waals surface area contributed by atoms with Gasteiger partial charge in [-0.15, -0.1) is 0 Å². The van der Waals surface area contributed by atoms with E-state index in [1.54, 1.807) is 18.7 Å². The van der Waals surface area contributed by atoms with Gasteiger partial charge in [-0.05, 0) is 107 Å². The van der Waals surface area contributed by atoms with Gasteiger partial charge in [-0.1, -0.05) is 142 Å². The molecule has 3 amide bonds. The van der Waals surface area contributed by atoms with Gasteiger partial charge in [-0.2, -0.15) is 0 Å². The minimum Gasteiger partial charge on any atom is -0.454 e. The molecule has 13 heteroatoms. The Morgan fingerprint density at radius 1 is 0.597 bits per heavy atom. The number of benzene rings is 4. The summed E-state index contributed by atoms with van der Waals surface area (Å²) in [7, 11) is 0. The van der Waals surface area contributed by atoms with Gasteiger partial charge in [0.25, 0.3) is 0 Å². The maximum atomic E-state index is 13.3. The number of rotatable bonds is 13. The lowest BCUT2D eigenvalue weighted by Gasteiger charge is -2.40. The number of carbonyl (C=O) groups excluding carboxylic acids is 4. The van der Waals surface area contributed by atoms with Crippen LogP contribution in [0.2, 0.25) is 0 Å². The second-order valence-electron chi connectivity index (χ2n) is 16.3. The number of piperidine rings is 2. The van der Waals surface area contributed by atoms with Gasteiger partial charge in [-0.3, -0.25) is 9.59 Å². The molecule has 0 aromatic heterocycles. The number of hydrogen-bond acceptors (Lipinski definition) is 9. The van der Waals surface area contributed by atoms with Crippen LogP contribution in [0.25, 0.3) is 0 Å². The number of hydrogen-bond donors (Lipinski definition) is 3.